The lowest BCUT2D eigenvalue weighted by molar-refractivity contribution is -0.122. The molecule has 3 N–H and O–H groups in total. The van der Waals surface area contributed by atoms with Gasteiger partial charge in [0.05, 0.1) is 4.90 Å². The minimum atomic E-state index is -3.58. The van der Waals surface area contributed by atoms with Crippen molar-refractivity contribution in [1.29, 1.82) is 0 Å². The highest BCUT2D eigenvalue weighted by atomic mass is 35.5. The maximum absolute atomic E-state index is 10.7. The highest BCUT2D eigenvalue weighted by molar-refractivity contribution is 7.89. The van der Waals surface area contributed by atoms with Gasteiger partial charge in [0.25, 0.3) is 0 Å². The number of sulfonamides is 1. The first-order valence-electron chi connectivity index (χ1n) is 5.44. The van der Waals surface area contributed by atoms with E-state index in [1.165, 1.54) is 24.3 Å². The maximum Gasteiger partial charge on any atom is 0.238 e. The van der Waals surface area contributed by atoms with E-state index in [4.69, 9.17) is 16.7 Å². The van der Waals surface area contributed by atoms with Crippen molar-refractivity contribution < 1.29 is 13.2 Å². The summed E-state index contributed by atoms with van der Waals surface area (Å²) in [6, 6.07) is 5.66. The van der Waals surface area contributed by atoms with Crippen LogP contribution in [0.25, 0.3) is 0 Å². The van der Waals surface area contributed by atoms with Crippen molar-refractivity contribution in [3.63, 3.8) is 0 Å². The fraction of sp³-hybridized carbons (Fsp3) is 0.364. The van der Waals surface area contributed by atoms with Gasteiger partial charge < -0.3 is 5.32 Å². The van der Waals surface area contributed by atoms with Crippen LogP contribution in [-0.2, 0) is 14.8 Å². The Kier molecular flexibility index (Phi) is 5.58. The molecule has 7 heteroatoms. The topological polar surface area (TPSA) is 89.3 Å². The third-order valence-corrected chi connectivity index (χ3v) is 3.48. The summed E-state index contributed by atoms with van der Waals surface area (Å²) in [5, 5.41) is 8.06. The number of hydrogen-bond donors (Lipinski definition) is 2. The molecule has 2 rings (SSSR count). The van der Waals surface area contributed by atoms with Gasteiger partial charge in [0.2, 0.25) is 15.9 Å². The van der Waals surface area contributed by atoms with Gasteiger partial charge in [-0.2, -0.15) is 0 Å². The molecule has 0 saturated carbocycles. The average molecular weight is 291 g/mol. The Morgan fingerprint density at radius 2 is 1.78 bits per heavy atom. The molecule has 1 aliphatic rings. The molecule has 0 aromatic heterocycles. The normalized spacial score (nSPS) is 15.3. The van der Waals surface area contributed by atoms with Gasteiger partial charge in [0.1, 0.15) is 0 Å². The Labute approximate surface area is 111 Å². The maximum atomic E-state index is 10.7. The molecule has 0 aliphatic carbocycles. The van der Waals surface area contributed by atoms with Crippen molar-refractivity contribution in [2.75, 3.05) is 6.54 Å². The van der Waals surface area contributed by atoms with Crippen LogP contribution in [0.1, 0.15) is 19.3 Å². The summed E-state index contributed by atoms with van der Waals surface area (Å²) in [7, 11) is -3.58. The van der Waals surface area contributed by atoms with Crippen molar-refractivity contribution in [2.24, 2.45) is 5.14 Å². The lowest BCUT2D eigenvalue weighted by Crippen LogP contribution is -2.28. The summed E-state index contributed by atoms with van der Waals surface area (Å²) in [6.45, 7) is 0.888. The average Bonchev–Trinajstić information content (AvgIpc) is 2.30. The summed E-state index contributed by atoms with van der Waals surface area (Å²) in [6.07, 6.45) is 2.97. The van der Waals surface area contributed by atoms with Gasteiger partial charge in [0, 0.05) is 18.0 Å². The van der Waals surface area contributed by atoms with E-state index in [-0.39, 0.29) is 10.8 Å². The van der Waals surface area contributed by atoms with E-state index < -0.39 is 10.0 Å². The zero-order chi connectivity index (χ0) is 13.6. The monoisotopic (exact) mass is 290 g/mol. The molecule has 18 heavy (non-hydrogen) atoms. The Morgan fingerprint density at radius 1 is 1.17 bits per heavy atom. The third kappa shape index (κ3) is 5.48. The molecule has 1 aliphatic heterocycles. The van der Waals surface area contributed by atoms with Crippen LogP contribution in [0.4, 0.5) is 0 Å². The Balaban J connectivity index is 0.000000199. The van der Waals surface area contributed by atoms with Crippen LogP contribution in [0.3, 0.4) is 0 Å². The number of piperidine rings is 1. The van der Waals surface area contributed by atoms with Crippen molar-refractivity contribution in [1.82, 2.24) is 5.32 Å². The second-order valence-electron chi connectivity index (χ2n) is 3.81. The smallest absolute Gasteiger partial charge is 0.238 e. The van der Waals surface area contributed by atoms with Gasteiger partial charge in [-0.1, -0.05) is 11.6 Å². The van der Waals surface area contributed by atoms with Crippen molar-refractivity contribution in [2.45, 2.75) is 24.2 Å². The fourth-order valence-electron chi connectivity index (χ4n) is 1.35. The van der Waals surface area contributed by atoms with Crippen LogP contribution in [-0.4, -0.2) is 20.9 Å². The lowest BCUT2D eigenvalue weighted by atomic mass is 10.2. The first-order valence-corrected chi connectivity index (χ1v) is 7.37. The summed E-state index contributed by atoms with van der Waals surface area (Å²) < 4.78 is 21.4. The first-order chi connectivity index (χ1) is 8.39. The highest BCUT2D eigenvalue weighted by Gasteiger charge is 2.05. The predicted octanol–water partition coefficient (Wildman–Crippen LogP) is 1.27. The van der Waals surface area contributed by atoms with Gasteiger partial charge in [-0.15, -0.1) is 0 Å². The van der Waals surface area contributed by atoms with E-state index in [0.29, 0.717) is 5.02 Å². The number of benzene rings is 1. The Hall–Kier alpha value is -1.11. The quantitative estimate of drug-likeness (QED) is 0.816. The van der Waals surface area contributed by atoms with E-state index in [9.17, 15) is 13.2 Å². The van der Waals surface area contributed by atoms with E-state index in [0.717, 1.165) is 25.8 Å². The van der Waals surface area contributed by atoms with Gasteiger partial charge in [-0.25, -0.2) is 13.6 Å². The van der Waals surface area contributed by atoms with Crippen LogP contribution in [0.15, 0.2) is 29.2 Å². The standard InChI is InChI=1S/C6H6ClNO2S.C5H9NO/c7-5-1-3-6(4-2-5)11(8,9)10;7-5-3-1-2-4-6-5/h1-4H,(H2,8,9,10);1-4H2,(H,6,7). The van der Waals surface area contributed by atoms with Gasteiger partial charge in [0.15, 0.2) is 0 Å². The van der Waals surface area contributed by atoms with E-state index in [1.807, 2.05) is 0 Å². The summed E-state index contributed by atoms with van der Waals surface area (Å²) in [5.74, 6) is 0.214. The van der Waals surface area contributed by atoms with Crippen LogP contribution >= 0.6 is 11.6 Å². The Morgan fingerprint density at radius 3 is 2.11 bits per heavy atom. The SMILES string of the molecule is NS(=O)(=O)c1ccc(Cl)cc1.O=C1CCCCN1. The molecule has 0 unspecified atom stereocenters. The number of carbonyl (C=O) groups excluding carboxylic acids is 1. The minimum absolute atomic E-state index is 0.0712. The number of rotatable bonds is 1. The van der Waals surface area contributed by atoms with E-state index in [1.54, 1.807) is 0 Å². The molecule has 1 fully saturated rings. The zero-order valence-corrected chi connectivity index (χ0v) is 11.3. The molecule has 1 amide bonds. The largest absolute Gasteiger partial charge is 0.356 e. The molecule has 0 spiro atoms. The van der Waals surface area contributed by atoms with Gasteiger partial charge >= 0.3 is 0 Å². The van der Waals surface area contributed by atoms with Gasteiger partial charge in [-0.3, -0.25) is 4.79 Å². The highest BCUT2D eigenvalue weighted by Crippen LogP contribution is 2.11. The molecular weight excluding hydrogens is 276 g/mol. The number of halogens is 1. The van der Waals surface area contributed by atoms with E-state index in [2.05, 4.69) is 5.32 Å². The molecule has 5 nitrogen and oxygen atoms in total. The van der Waals surface area contributed by atoms with Crippen molar-refractivity contribution in [3.05, 3.63) is 29.3 Å². The molecule has 100 valence electrons. The molecule has 1 heterocycles. The second kappa shape index (κ2) is 6.72. The van der Waals surface area contributed by atoms with Crippen molar-refractivity contribution >= 4 is 27.5 Å². The summed E-state index contributed by atoms with van der Waals surface area (Å²) >= 11 is 5.53. The number of carbonyl (C=O) groups is 1. The van der Waals surface area contributed by atoms with Crippen LogP contribution in [0.2, 0.25) is 5.02 Å². The number of primary sulfonamides is 1. The minimum Gasteiger partial charge on any atom is -0.356 e. The molecule has 1 aromatic rings. The number of hydrogen-bond acceptors (Lipinski definition) is 3. The van der Waals surface area contributed by atoms with Crippen LogP contribution in [0, 0.1) is 0 Å². The first kappa shape index (κ1) is 14.9. The molecule has 0 bridgehead atoms. The van der Waals surface area contributed by atoms with Crippen LogP contribution in [0.5, 0.6) is 0 Å². The van der Waals surface area contributed by atoms with Crippen molar-refractivity contribution in [3.8, 4) is 0 Å². The summed E-state index contributed by atoms with van der Waals surface area (Å²) in [5.41, 5.74) is 0. The molecule has 1 saturated heterocycles. The van der Waals surface area contributed by atoms with Gasteiger partial charge in [-0.05, 0) is 37.1 Å². The fourth-order valence-corrected chi connectivity index (χ4v) is 1.99. The van der Waals surface area contributed by atoms with Crippen LogP contribution < -0.4 is 10.5 Å². The molecule has 0 radical (unpaired) electrons. The Bertz CT molecular complexity index is 492. The number of nitrogens with two attached hydrogens (primary N) is 1. The third-order valence-electron chi connectivity index (χ3n) is 2.29. The lowest BCUT2D eigenvalue weighted by Gasteiger charge is -2.08. The van der Waals surface area contributed by atoms with E-state index >= 15 is 0 Å². The molecule has 1 aromatic carbocycles. The second-order valence-corrected chi connectivity index (χ2v) is 5.80. The molecular formula is C11H15ClN2O3S. The predicted molar refractivity (Wildman–Crippen MR) is 69.7 cm³/mol. The molecule has 0 atom stereocenters. The summed E-state index contributed by atoms with van der Waals surface area (Å²) in [4.78, 5) is 10.4. The number of amides is 1. The zero-order valence-electron chi connectivity index (χ0n) is 9.73. The number of nitrogens with one attached hydrogen (secondary N) is 1.